The quantitative estimate of drug-likeness (QED) is 0.0261. The predicted octanol–water partition coefficient (Wildman–Crippen LogP) is 24.2. The van der Waals surface area contributed by atoms with Gasteiger partial charge in [0.1, 0.15) is 13.2 Å². The van der Waals surface area contributed by atoms with Gasteiger partial charge in [-0.15, -0.1) is 0 Å². The zero-order chi connectivity index (χ0) is 56.4. The third kappa shape index (κ3) is 64.7. The summed E-state index contributed by atoms with van der Waals surface area (Å²) in [5, 5.41) is 0. The van der Waals surface area contributed by atoms with E-state index in [9.17, 15) is 14.4 Å². The van der Waals surface area contributed by atoms with Crippen molar-refractivity contribution in [3.05, 3.63) is 24.3 Å². The lowest BCUT2D eigenvalue weighted by Gasteiger charge is -2.18. The first kappa shape index (κ1) is 75.9. The van der Waals surface area contributed by atoms with E-state index in [1.54, 1.807) is 0 Å². The van der Waals surface area contributed by atoms with Crippen molar-refractivity contribution in [2.45, 2.75) is 406 Å². The summed E-state index contributed by atoms with van der Waals surface area (Å²) in [5.41, 5.74) is 0. The first-order valence-corrected chi connectivity index (χ1v) is 35.3. The smallest absolute Gasteiger partial charge is 0.306 e. The minimum Gasteiger partial charge on any atom is -0.462 e. The van der Waals surface area contributed by atoms with Gasteiger partial charge in [-0.3, -0.25) is 14.4 Å². The van der Waals surface area contributed by atoms with Crippen LogP contribution in [0.25, 0.3) is 0 Å². The second-order valence-corrected chi connectivity index (χ2v) is 24.2. The molecule has 0 aromatic rings. The second kappa shape index (κ2) is 67.4. The van der Waals surface area contributed by atoms with E-state index in [4.69, 9.17) is 14.2 Å². The van der Waals surface area contributed by atoms with Crippen LogP contribution in [0.2, 0.25) is 0 Å². The SMILES string of the molecule is CCC/C=C\C/C=C\CCCCCCCC(=O)OCC(COC(=O)CCCCCCCCCCCCCCCCCCCCCCCCCCCCC)OC(=O)CCCCCCCCCCCCCCCCCCCCCC. The van der Waals surface area contributed by atoms with Crippen molar-refractivity contribution in [1.82, 2.24) is 0 Å². The molecule has 0 saturated heterocycles. The van der Waals surface area contributed by atoms with Crippen LogP contribution < -0.4 is 0 Å². The Morgan fingerprint density at radius 1 is 0.256 bits per heavy atom. The Balaban J connectivity index is 4.18. The average molecular weight is 1100 g/mol. The fourth-order valence-electron chi connectivity index (χ4n) is 10.9. The molecule has 0 heterocycles. The number of carbonyl (C=O) groups excluding carboxylic acids is 3. The highest BCUT2D eigenvalue weighted by Crippen LogP contribution is 2.19. The number of hydrogen-bond acceptors (Lipinski definition) is 6. The fourth-order valence-corrected chi connectivity index (χ4v) is 10.9. The van der Waals surface area contributed by atoms with Crippen molar-refractivity contribution < 1.29 is 28.6 Å². The Kier molecular flexibility index (Phi) is 65.6. The molecule has 0 spiro atoms. The molecule has 0 aromatic carbocycles. The minimum absolute atomic E-state index is 0.0694. The summed E-state index contributed by atoms with van der Waals surface area (Å²) in [4.78, 5) is 38.4. The molecule has 78 heavy (non-hydrogen) atoms. The summed E-state index contributed by atoms with van der Waals surface area (Å²) < 4.78 is 17.0. The highest BCUT2D eigenvalue weighted by molar-refractivity contribution is 5.71. The molecule has 0 rings (SSSR count). The summed E-state index contributed by atoms with van der Waals surface area (Å²) in [6, 6.07) is 0. The van der Waals surface area contributed by atoms with E-state index in [0.29, 0.717) is 19.3 Å². The van der Waals surface area contributed by atoms with Gasteiger partial charge in [-0.2, -0.15) is 0 Å². The fraction of sp³-hybridized carbons (Fsp3) is 0.903. The predicted molar refractivity (Wildman–Crippen MR) is 340 cm³/mol. The van der Waals surface area contributed by atoms with Crippen LogP contribution in [-0.4, -0.2) is 37.2 Å². The average Bonchev–Trinajstić information content (AvgIpc) is 3.44. The first-order valence-electron chi connectivity index (χ1n) is 35.3. The Bertz CT molecular complexity index is 1260. The minimum atomic E-state index is -0.774. The molecule has 0 aromatic heterocycles. The van der Waals surface area contributed by atoms with Gasteiger partial charge in [-0.05, 0) is 44.9 Å². The zero-order valence-electron chi connectivity index (χ0n) is 53.0. The van der Waals surface area contributed by atoms with Crippen molar-refractivity contribution >= 4 is 17.9 Å². The molecule has 6 heteroatoms. The molecule has 0 saturated carbocycles. The van der Waals surface area contributed by atoms with Crippen molar-refractivity contribution in [1.29, 1.82) is 0 Å². The molecule has 0 radical (unpaired) electrons. The Labute approximate surface area is 487 Å². The van der Waals surface area contributed by atoms with Gasteiger partial charge < -0.3 is 14.2 Å². The van der Waals surface area contributed by atoms with Gasteiger partial charge in [0.2, 0.25) is 0 Å². The van der Waals surface area contributed by atoms with E-state index in [2.05, 4.69) is 45.1 Å². The number of allylic oxidation sites excluding steroid dienone is 4. The van der Waals surface area contributed by atoms with E-state index in [-0.39, 0.29) is 31.1 Å². The summed E-state index contributed by atoms with van der Waals surface area (Å²) in [6.07, 6.45) is 82.2. The van der Waals surface area contributed by atoms with E-state index in [0.717, 1.165) is 83.5 Å². The molecule has 0 amide bonds. The normalized spacial score (nSPS) is 12.1. The molecular formula is C72H136O6. The van der Waals surface area contributed by atoms with Crippen LogP contribution in [0.3, 0.4) is 0 Å². The van der Waals surface area contributed by atoms with Crippen LogP contribution in [0.4, 0.5) is 0 Å². The second-order valence-electron chi connectivity index (χ2n) is 24.2. The zero-order valence-corrected chi connectivity index (χ0v) is 53.0. The lowest BCUT2D eigenvalue weighted by molar-refractivity contribution is -0.167. The van der Waals surface area contributed by atoms with Crippen LogP contribution >= 0.6 is 0 Å². The van der Waals surface area contributed by atoms with Crippen LogP contribution in [0.15, 0.2) is 24.3 Å². The van der Waals surface area contributed by atoms with Gasteiger partial charge >= 0.3 is 17.9 Å². The van der Waals surface area contributed by atoms with Gasteiger partial charge in [0, 0.05) is 19.3 Å². The molecular weight excluding hydrogens is 961 g/mol. The molecule has 0 N–H and O–H groups in total. The number of carbonyl (C=O) groups is 3. The molecule has 0 aliphatic rings. The lowest BCUT2D eigenvalue weighted by Crippen LogP contribution is -2.30. The van der Waals surface area contributed by atoms with Crippen LogP contribution in [0, 0.1) is 0 Å². The van der Waals surface area contributed by atoms with Gasteiger partial charge in [0.25, 0.3) is 0 Å². The van der Waals surface area contributed by atoms with Gasteiger partial charge in [0.05, 0.1) is 0 Å². The van der Waals surface area contributed by atoms with Gasteiger partial charge in [0.15, 0.2) is 6.10 Å². The Morgan fingerprint density at radius 2 is 0.487 bits per heavy atom. The van der Waals surface area contributed by atoms with Crippen molar-refractivity contribution in [3.8, 4) is 0 Å². The maximum atomic E-state index is 12.9. The number of esters is 3. The monoisotopic (exact) mass is 1100 g/mol. The highest BCUT2D eigenvalue weighted by atomic mass is 16.6. The van der Waals surface area contributed by atoms with E-state index < -0.39 is 6.10 Å². The summed E-state index contributed by atoms with van der Waals surface area (Å²) in [5.74, 6) is -0.852. The number of unbranched alkanes of at least 4 members (excludes halogenated alkanes) is 51. The van der Waals surface area contributed by atoms with E-state index >= 15 is 0 Å². The standard InChI is InChI=1S/C72H136O6/c1-4-7-10-13-16-19-22-25-27-29-31-33-34-35-36-37-38-39-41-42-44-47-50-53-56-59-62-65-71(74)77-68-69(67-76-70(73)64-61-58-55-52-49-46-24-21-18-15-12-9-6-3)78-72(75)66-63-60-57-54-51-48-45-43-40-32-30-28-26-23-20-17-14-11-8-5-2/h12,15,21,24,69H,4-11,13-14,16-20,22-23,25-68H2,1-3H3/b15-12-,24-21-. The summed E-state index contributed by atoms with van der Waals surface area (Å²) in [6.45, 7) is 6.65. The molecule has 1 unspecified atom stereocenters. The third-order valence-electron chi connectivity index (χ3n) is 16.2. The number of ether oxygens (including phenoxy) is 3. The molecule has 1 atom stereocenters. The topological polar surface area (TPSA) is 78.9 Å². The highest BCUT2D eigenvalue weighted by Gasteiger charge is 2.19. The van der Waals surface area contributed by atoms with Crippen molar-refractivity contribution in [3.63, 3.8) is 0 Å². The largest absolute Gasteiger partial charge is 0.462 e. The molecule has 0 bridgehead atoms. The maximum absolute atomic E-state index is 12.9. The number of rotatable bonds is 66. The van der Waals surface area contributed by atoms with E-state index in [1.165, 1.54) is 276 Å². The van der Waals surface area contributed by atoms with Gasteiger partial charge in [-0.1, -0.05) is 360 Å². The number of hydrogen-bond donors (Lipinski definition) is 0. The molecule has 6 nitrogen and oxygen atoms in total. The van der Waals surface area contributed by atoms with Crippen LogP contribution in [0.1, 0.15) is 400 Å². The van der Waals surface area contributed by atoms with E-state index in [1.807, 2.05) is 0 Å². The summed E-state index contributed by atoms with van der Waals surface area (Å²) >= 11 is 0. The molecule has 0 fully saturated rings. The third-order valence-corrected chi connectivity index (χ3v) is 16.2. The van der Waals surface area contributed by atoms with Crippen LogP contribution in [-0.2, 0) is 28.6 Å². The van der Waals surface area contributed by atoms with Crippen molar-refractivity contribution in [2.75, 3.05) is 13.2 Å². The maximum Gasteiger partial charge on any atom is 0.306 e. The first-order chi connectivity index (χ1) is 38.5. The van der Waals surface area contributed by atoms with Gasteiger partial charge in [-0.25, -0.2) is 0 Å². The van der Waals surface area contributed by atoms with Crippen molar-refractivity contribution in [2.24, 2.45) is 0 Å². The lowest BCUT2D eigenvalue weighted by atomic mass is 10.0. The molecule has 0 aliphatic carbocycles. The van der Waals surface area contributed by atoms with Crippen LogP contribution in [0.5, 0.6) is 0 Å². The Morgan fingerprint density at radius 3 is 0.756 bits per heavy atom. The molecule has 460 valence electrons. The summed E-state index contributed by atoms with van der Waals surface area (Å²) in [7, 11) is 0. The Hall–Kier alpha value is -2.11. The molecule has 0 aliphatic heterocycles.